The summed E-state index contributed by atoms with van der Waals surface area (Å²) in [5.74, 6) is 1.89. The van der Waals surface area contributed by atoms with Crippen molar-refractivity contribution in [2.24, 2.45) is 0 Å². The number of rotatable bonds is 8. The molecule has 4 nitrogen and oxygen atoms in total. The van der Waals surface area contributed by atoms with E-state index in [2.05, 4.69) is 10.3 Å². The summed E-state index contributed by atoms with van der Waals surface area (Å²) < 4.78 is 10.4. The van der Waals surface area contributed by atoms with E-state index in [1.54, 1.807) is 18.9 Å². The Balaban J connectivity index is 2.03. The van der Waals surface area contributed by atoms with E-state index in [4.69, 9.17) is 9.15 Å². The number of hydrogen-bond donors (Lipinski definition) is 1. The molecule has 0 fully saturated rings. The number of aromatic nitrogens is 1. The molecule has 92 valence electrons. The molecule has 0 radical (unpaired) electrons. The van der Waals surface area contributed by atoms with E-state index in [1.807, 2.05) is 13.8 Å². The highest BCUT2D eigenvalue weighted by atomic mass is 32.2. The van der Waals surface area contributed by atoms with Gasteiger partial charge in [-0.2, -0.15) is 0 Å². The molecule has 0 saturated carbocycles. The molecule has 0 unspecified atom stereocenters. The molecule has 0 atom stereocenters. The highest BCUT2D eigenvalue weighted by molar-refractivity contribution is 7.99. The van der Waals surface area contributed by atoms with Crippen LogP contribution in [0.15, 0.2) is 9.64 Å². The van der Waals surface area contributed by atoms with Crippen LogP contribution in [0.25, 0.3) is 0 Å². The number of nitrogens with zero attached hydrogens (tertiary/aromatic N) is 1. The lowest BCUT2D eigenvalue weighted by Gasteiger charge is -2.02. The van der Waals surface area contributed by atoms with Gasteiger partial charge in [0.2, 0.25) is 0 Å². The minimum atomic E-state index is 0.772. The summed E-state index contributed by atoms with van der Waals surface area (Å²) in [6.45, 7) is 6.69. The van der Waals surface area contributed by atoms with Crippen LogP contribution in [0.1, 0.15) is 17.9 Å². The molecule has 5 heteroatoms. The Labute approximate surface area is 101 Å². The molecule has 0 bridgehead atoms. The van der Waals surface area contributed by atoms with E-state index in [-0.39, 0.29) is 0 Å². The maximum Gasteiger partial charge on any atom is 0.256 e. The zero-order valence-electron chi connectivity index (χ0n) is 10.2. The van der Waals surface area contributed by atoms with Gasteiger partial charge >= 0.3 is 0 Å². The van der Waals surface area contributed by atoms with Crippen molar-refractivity contribution in [1.29, 1.82) is 0 Å². The standard InChI is InChI=1S/C11H20N2O2S/c1-9-10(2)15-11(13-9)16-8-6-12-5-4-7-14-3/h12H,4-8H2,1-3H3. The molecule has 0 aliphatic heterocycles. The monoisotopic (exact) mass is 244 g/mol. The van der Waals surface area contributed by atoms with Crippen LogP contribution in [-0.2, 0) is 4.74 Å². The fraction of sp³-hybridized carbons (Fsp3) is 0.727. The molecular formula is C11H20N2O2S. The first-order chi connectivity index (χ1) is 7.74. The average Bonchev–Trinajstić information content (AvgIpc) is 2.57. The van der Waals surface area contributed by atoms with Crippen molar-refractivity contribution < 1.29 is 9.15 Å². The lowest BCUT2D eigenvalue weighted by Crippen LogP contribution is -2.19. The fourth-order valence-electron chi connectivity index (χ4n) is 1.18. The number of ether oxygens (including phenoxy) is 1. The topological polar surface area (TPSA) is 47.3 Å². The van der Waals surface area contributed by atoms with Crippen LogP contribution < -0.4 is 5.32 Å². The summed E-state index contributed by atoms with van der Waals surface area (Å²) in [7, 11) is 1.73. The molecule has 0 aliphatic carbocycles. The average molecular weight is 244 g/mol. The first-order valence-corrected chi connectivity index (χ1v) is 6.49. The van der Waals surface area contributed by atoms with Crippen LogP contribution in [0, 0.1) is 13.8 Å². The number of hydrogen-bond acceptors (Lipinski definition) is 5. The lowest BCUT2D eigenvalue weighted by molar-refractivity contribution is 0.194. The molecule has 1 heterocycles. The van der Waals surface area contributed by atoms with Gasteiger partial charge in [0.15, 0.2) is 0 Å². The van der Waals surface area contributed by atoms with Gasteiger partial charge in [-0.25, -0.2) is 4.98 Å². The largest absolute Gasteiger partial charge is 0.437 e. The van der Waals surface area contributed by atoms with Crippen molar-refractivity contribution in [3.8, 4) is 0 Å². The quantitative estimate of drug-likeness (QED) is 0.560. The summed E-state index contributed by atoms with van der Waals surface area (Å²) in [5, 5.41) is 4.11. The van der Waals surface area contributed by atoms with Crippen LogP contribution in [0.4, 0.5) is 0 Å². The Morgan fingerprint density at radius 1 is 1.38 bits per heavy atom. The molecule has 0 aromatic carbocycles. The van der Waals surface area contributed by atoms with Crippen LogP contribution in [-0.4, -0.2) is 37.5 Å². The second kappa shape index (κ2) is 7.70. The summed E-state index contributed by atoms with van der Waals surface area (Å²) in [5.41, 5.74) is 0.982. The molecule has 1 aromatic heterocycles. The van der Waals surface area contributed by atoms with E-state index >= 15 is 0 Å². The summed E-state index contributed by atoms with van der Waals surface area (Å²) >= 11 is 1.65. The van der Waals surface area contributed by atoms with Gasteiger partial charge in [-0.3, -0.25) is 0 Å². The zero-order valence-corrected chi connectivity index (χ0v) is 11.0. The van der Waals surface area contributed by atoms with Crippen molar-refractivity contribution in [2.45, 2.75) is 25.5 Å². The zero-order chi connectivity index (χ0) is 11.8. The number of aryl methyl sites for hydroxylation is 2. The Morgan fingerprint density at radius 2 is 2.19 bits per heavy atom. The molecule has 0 aliphatic rings. The highest BCUT2D eigenvalue weighted by Gasteiger charge is 2.04. The Morgan fingerprint density at radius 3 is 2.81 bits per heavy atom. The van der Waals surface area contributed by atoms with E-state index < -0.39 is 0 Å². The first kappa shape index (κ1) is 13.5. The van der Waals surface area contributed by atoms with E-state index in [0.717, 1.165) is 48.5 Å². The molecule has 1 rings (SSSR count). The maximum absolute atomic E-state index is 5.46. The van der Waals surface area contributed by atoms with E-state index in [0.29, 0.717) is 0 Å². The van der Waals surface area contributed by atoms with Gasteiger partial charge in [0, 0.05) is 26.0 Å². The number of thioether (sulfide) groups is 1. The predicted molar refractivity (Wildman–Crippen MR) is 66.1 cm³/mol. The van der Waals surface area contributed by atoms with Gasteiger partial charge in [0.25, 0.3) is 5.22 Å². The predicted octanol–water partition coefficient (Wildman–Crippen LogP) is 2.01. The molecular weight excluding hydrogens is 224 g/mol. The SMILES string of the molecule is COCCCNCCSc1nc(C)c(C)o1. The summed E-state index contributed by atoms with van der Waals surface area (Å²) in [6.07, 6.45) is 1.05. The molecule has 1 aromatic rings. The van der Waals surface area contributed by atoms with Crippen molar-refractivity contribution in [2.75, 3.05) is 32.6 Å². The van der Waals surface area contributed by atoms with Gasteiger partial charge in [-0.1, -0.05) is 11.8 Å². The highest BCUT2D eigenvalue weighted by Crippen LogP contribution is 2.19. The smallest absolute Gasteiger partial charge is 0.256 e. The summed E-state index contributed by atoms with van der Waals surface area (Å²) in [4.78, 5) is 4.31. The Hall–Kier alpha value is -0.520. The van der Waals surface area contributed by atoms with Gasteiger partial charge in [0.05, 0.1) is 5.69 Å². The maximum atomic E-state index is 5.46. The second-order valence-electron chi connectivity index (χ2n) is 3.57. The lowest BCUT2D eigenvalue weighted by atomic mass is 10.4. The second-order valence-corrected chi connectivity index (χ2v) is 4.61. The van der Waals surface area contributed by atoms with Gasteiger partial charge in [-0.15, -0.1) is 0 Å². The van der Waals surface area contributed by atoms with Crippen molar-refractivity contribution in [1.82, 2.24) is 10.3 Å². The first-order valence-electron chi connectivity index (χ1n) is 5.50. The van der Waals surface area contributed by atoms with E-state index in [1.165, 1.54) is 0 Å². The van der Waals surface area contributed by atoms with Crippen molar-refractivity contribution in [3.63, 3.8) is 0 Å². The van der Waals surface area contributed by atoms with Crippen LogP contribution in [0.2, 0.25) is 0 Å². The van der Waals surface area contributed by atoms with Gasteiger partial charge in [-0.05, 0) is 26.8 Å². The third-order valence-corrected chi connectivity index (χ3v) is 3.05. The molecule has 1 N–H and O–H groups in total. The van der Waals surface area contributed by atoms with Gasteiger partial charge < -0.3 is 14.5 Å². The summed E-state index contributed by atoms with van der Waals surface area (Å²) in [6, 6.07) is 0. The van der Waals surface area contributed by atoms with Crippen molar-refractivity contribution >= 4 is 11.8 Å². The van der Waals surface area contributed by atoms with E-state index in [9.17, 15) is 0 Å². The van der Waals surface area contributed by atoms with Gasteiger partial charge in [0.1, 0.15) is 5.76 Å². The fourth-order valence-corrected chi connectivity index (χ4v) is 1.99. The molecule has 16 heavy (non-hydrogen) atoms. The number of methoxy groups -OCH3 is 1. The molecule has 0 spiro atoms. The normalized spacial score (nSPS) is 10.9. The van der Waals surface area contributed by atoms with Crippen LogP contribution >= 0.6 is 11.8 Å². The molecule has 0 amide bonds. The Kier molecular flexibility index (Phi) is 6.52. The van der Waals surface area contributed by atoms with Crippen LogP contribution in [0.5, 0.6) is 0 Å². The molecule has 0 saturated heterocycles. The minimum Gasteiger partial charge on any atom is -0.437 e. The minimum absolute atomic E-state index is 0.772. The Bertz CT molecular complexity index is 283. The third-order valence-electron chi connectivity index (χ3n) is 2.22. The number of oxazole rings is 1. The van der Waals surface area contributed by atoms with Crippen molar-refractivity contribution in [3.05, 3.63) is 11.5 Å². The third kappa shape index (κ3) is 5.01. The van der Waals surface area contributed by atoms with Crippen LogP contribution in [0.3, 0.4) is 0 Å². The number of nitrogens with one attached hydrogen (secondary N) is 1.